The highest BCUT2D eigenvalue weighted by molar-refractivity contribution is 6.04. The average molecular weight is 419 g/mol. The lowest BCUT2D eigenvalue weighted by Crippen LogP contribution is -2.36. The number of fused-ring (bicyclic) bond motifs is 1. The van der Waals surface area contributed by atoms with Crippen molar-refractivity contribution in [3.05, 3.63) is 70.5 Å². The summed E-state index contributed by atoms with van der Waals surface area (Å²) in [6.45, 7) is 2.42. The number of benzene rings is 2. The van der Waals surface area contributed by atoms with Crippen LogP contribution in [-0.4, -0.2) is 28.4 Å². The molecule has 158 valence electrons. The van der Waals surface area contributed by atoms with Gasteiger partial charge >= 0.3 is 0 Å². The lowest BCUT2D eigenvalue weighted by Gasteiger charge is -2.23. The first-order valence-corrected chi connectivity index (χ1v) is 9.83. The molecule has 2 aromatic carbocycles. The Morgan fingerprint density at radius 2 is 1.84 bits per heavy atom. The van der Waals surface area contributed by atoms with E-state index in [0.29, 0.717) is 18.0 Å². The number of amides is 2. The number of carbonyl (C=O) groups excluding carboxylic acids is 2. The highest BCUT2D eigenvalue weighted by Crippen LogP contribution is 2.30. The second-order valence-electron chi connectivity index (χ2n) is 6.92. The number of aromatic amines is 1. The summed E-state index contributed by atoms with van der Waals surface area (Å²) in [7, 11) is 0. The van der Waals surface area contributed by atoms with Gasteiger partial charge in [0.15, 0.2) is 0 Å². The molecule has 0 bridgehead atoms. The molecule has 0 saturated heterocycles. The molecule has 31 heavy (non-hydrogen) atoms. The molecule has 0 spiro atoms. The maximum absolute atomic E-state index is 12.9. The van der Waals surface area contributed by atoms with E-state index in [-0.39, 0.29) is 29.7 Å². The molecule has 1 aromatic heterocycles. The van der Waals surface area contributed by atoms with E-state index in [4.69, 9.17) is 4.74 Å². The Hall–Kier alpha value is -4.14. The van der Waals surface area contributed by atoms with Crippen LogP contribution in [0.2, 0.25) is 0 Å². The predicted octanol–water partition coefficient (Wildman–Crippen LogP) is 2.98. The van der Waals surface area contributed by atoms with Gasteiger partial charge in [-0.25, -0.2) is 0 Å². The summed E-state index contributed by atoms with van der Waals surface area (Å²) in [4.78, 5) is 44.8. The summed E-state index contributed by atoms with van der Waals surface area (Å²) in [6.07, 6.45) is -0.147. The highest BCUT2D eigenvalue weighted by atomic mass is 16.5. The fraction of sp³-hybridized carbons (Fsp3) is 0.182. The van der Waals surface area contributed by atoms with Crippen LogP contribution in [0.25, 0.3) is 0 Å². The van der Waals surface area contributed by atoms with Gasteiger partial charge in [0.05, 0.1) is 18.1 Å². The van der Waals surface area contributed by atoms with Crippen molar-refractivity contribution in [2.24, 2.45) is 0 Å². The Balaban J connectivity index is 1.58. The number of anilines is 4. The van der Waals surface area contributed by atoms with Crippen LogP contribution in [0.15, 0.2) is 59.4 Å². The van der Waals surface area contributed by atoms with Crippen LogP contribution in [0.5, 0.6) is 5.75 Å². The third kappa shape index (κ3) is 4.55. The lowest BCUT2D eigenvalue weighted by atomic mass is 9.92. The molecule has 3 aromatic rings. The molecule has 0 saturated carbocycles. The SMILES string of the molecule is CCOc1ccc(NC(=O)[C@@H]2CC(=O)Nc3nc(Nc4ccccc4)[nH]c(=O)c32)cc1. The summed E-state index contributed by atoms with van der Waals surface area (Å²) in [5.41, 5.74) is 0.891. The van der Waals surface area contributed by atoms with E-state index < -0.39 is 17.4 Å². The largest absolute Gasteiger partial charge is 0.494 e. The van der Waals surface area contributed by atoms with Crippen molar-refractivity contribution in [1.29, 1.82) is 0 Å². The summed E-state index contributed by atoms with van der Waals surface area (Å²) in [6, 6.07) is 16.0. The van der Waals surface area contributed by atoms with Crippen LogP contribution in [0, 0.1) is 0 Å². The van der Waals surface area contributed by atoms with Crippen molar-refractivity contribution in [3.8, 4) is 5.75 Å². The van der Waals surface area contributed by atoms with E-state index >= 15 is 0 Å². The Bertz CT molecular complexity index is 1160. The molecule has 0 aliphatic carbocycles. The zero-order valence-electron chi connectivity index (χ0n) is 16.8. The van der Waals surface area contributed by atoms with E-state index in [2.05, 4.69) is 25.9 Å². The molecule has 0 unspecified atom stereocenters. The number of hydrogen-bond acceptors (Lipinski definition) is 6. The number of nitrogens with one attached hydrogen (secondary N) is 4. The number of carbonyl (C=O) groups is 2. The minimum Gasteiger partial charge on any atom is -0.494 e. The van der Waals surface area contributed by atoms with Crippen LogP contribution in [0.1, 0.15) is 24.8 Å². The van der Waals surface area contributed by atoms with E-state index in [9.17, 15) is 14.4 Å². The Kier molecular flexibility index (Phi) is 5.65. The van der Waals surface area contributed by atoms with Crippen molar-refractivity contribution in [2.75, 3.05) is 22.6 Å². The second-order valence-corrected chi connectivity index (χ2v) is 6.92. The van der Waals surface area contributed by atoms with Crippen LogP contribution < -0.4 is 26.2 Å². The number of nitrogens with zero attached hydrogens (tertiary/aromatic N) is 1. The molecule has 2 amide bonds. The zero-order chi connectivity index (χ0) is 21.8. The molecule has 4 rings (SSSR count). The Morgan fingerprint density at radius 3 is 2.55 bits per heavy atom. The van der Waals surface area contributed by atoms with Crippen molar-refractivity contribution in [1.82, 2.24) is 9.97 Å². The molecule has 9 heteroatoms. The monoisotopic (exact) mass is 419 g/mol. The van der Waals surface area contributed by atoms with Crippen LogP contribution in [0.3, 0.4) is 0 Å². The first-order chi connectivity index (χ1) is 15.0. The van der Waals surface area contributed by atoms with Gasteiger partial charge in [0.2, 0.25) is 17.8 Å². The van der Waals surface area contributed by atoms with Gasteiger partial charge in [0.1, 0.15) is 11.6 Å². The number of ether oxygens (including phenoxy) is 1. The number of para-hydroxylation sites is 1. The molecule has 9 nitrogen and oxygen atoms in total. The molecule has 2 heterocycles. The van der Waals surface area contributed by atoms with Crippen LogP contribution >= 0.6 is 0 Å². The van der Waals surface area contributed by atoms with Gasteiger partial charge in [0, 0.05) is 17.8 Å². The quantitative estimate of drug-likeness (QED) is 0.487. The smallest absolute Gasteiger partial charge is 0.258 e. The van der Waals surface area contributed by atoms with E-state index in [1.165, 1.54) is 0 Å². The van der Waals surface area contributed by atoms with Gasteiger partial charge in [-0.3, -0.25) is 19.4 Å². The average Bonchev–Trinajstić information content (AvgIpc) is 2.75. The highest BCUT2D eigenvalue weighted by Gasteiger charge is 2.34. The Labute approximate surface area is 177 Å². The maximum atomic E-state index is 12.9. The van der Waals surface area contributed by atoms with Gasteiger partial charge < -0.3 is 20.7 Å². The van der Waals surface area contributed by atoms with Crippen molar-refractivity contribution < 1.29 is 14.3 Å². The van der Waals surface area contributed by atoms with Crippen molar-refractivity contribution in [3.63, 3.8) is 0 Å². The second kappa shape index (κ2) is 8.70. The minimum atomic E-state index is -0.961. The number of rotatable bonds is 6. The van der Waals surface area contributed by atoms with Gasteiger partial charge in [-0.1, -0.05) is 18.2 Å². The number of H-pyrrole nitrogens is 1. The van der Waals surface area contributed by atoms with E-state index in [1.54, 1.807) is 24.3 Å². The molecule has 4 N–H and O–H groups in total. The molecule has 1 atom stereocenters. The van der Waals surface area contributed by atoms with Crippen LogP contribution in [-0.2, 0) is 9.59 Å². The molecular weight excluding hydrogens is 398 g/mol. The minimum absolute atomic E-state index is 0.0743. The van der Waals surface area contributed by atoms with Gasteiger partial charge in [0.25, 0.3) is 5.56 Å². The lowest BCUT2D eigenvalue weighted by molar-refractivity contribution is -0.123. The van der Waals surface area contributed by atoms with Crippen molar-refractivity contribution in [2.45, 2.75) is 19.3 Å². The molecule has 1 aliphatic rings. The molecule has 0 fully saturated rings. The standard InChI is InChI=1S/C22H21N5O4/c1-2-31-15-10-8-14(9-11-15)23-20(29)16-12-17(28)25-19-18(16)21(30)27-22(26-19)24-13-6-4-3-5-7-13/h3-11,16H,2,12H2,1H3,(H,23,29)(H3,24,25,26,27,28,30)/t16-/m1/s1. The first-order valence-electron chi connectivity index (χ1n) is 9.83. The van der Waals surface area contributed by atoms with Crippen LogP contribution in [0.4, 0.5) is 23.1 Å². The summed E-state index contributed by atoms with van der Waals surface area (Å²) in [5, 5.41) is 8.32. The van der Waals surface area contributed by atoms with Gasteiger partial charge in [-0.15, -0.1) is 0 Å². The topological polar surface area (TPSA) is 125 Å². The van der Waals surface area contributed by atoms with Gasteiger partial charge in [-0.2, -0.15) is 4.98 Å². The third-order valence-electron chi connectivity index (χ3n) is 4.74. The fourth-order valence-corrected chi connectivity index (χ4v) is 3.34. The summed E-state index contributed by atoms with van der Waals surface area (Å²) < 4.78 is 5.39. The zero-order valence-corrected chi connectivity index (χ0v) is 16.8. The predicted molar refractivity (Wildman–Crippen MR) is 117 cm³/mol. The van der Waals surface area contributed by atoms with E-state index in [0.717, 1.165) is 5.69 Å². The summed E-state index contributed by atoms with van der Waals surface area (Å²) in [5.74, 6) is -0.883. The van der Waals surface area contributed by atoms with E-state index in [1.807, 2.05) is 37.3 Å². The first kappa shape index (κ1) is 20.1. The van der Waals surface area contributed by atoms with Gasteiger partial charge in [-0.05, 0) is 43.3 Å². The van der Waals surface area contributed by atoms with Crippen molar-refractivity contribution >= 4 is 35.0 Å². The fourth-order valence-electron chi connectivity index (χ4n) is 3.34. The summed E-state index contributed by atoms with van der Waals surface area (Å²) >= 11 is 0. The Morgan fingerprint density at radius 1 is 1.10 bits per heavy atom. The number of hydrogen-bond donors (Lipinski definition) is 4. The molecule has 0 radical (unpaired) electrons. The normalized spacial score (nSPS) is 14.9. The third-order valence-corrected chi connectivity index (χ3v) is 4.74. The molecular formula is C22H21N5O4. The number of aromatic nitrogens is 2. The molecule has 1 aliphatic heterocycles. The maximum Gasteiger partial charge on any atom is 0.258 e.